The second-order valence-electron chi connectivity index (χ2n) is 5.83. The molecule has 1 aliphatic heterocycles. The van der Waals surface area contributed by atoms with Gasteiger partial charge in [0.25, 0.3) is 5.91 Å². The van der Waals surface area contributed by atoms with E-state index in [1.165, 1.54) is 0 Å². The molecule has 24 heavy (non-hydrogen) atoms. The number of halogens is 1. The van der Waals surface area contributed by atoms with Crippen LogP contribution in [0.2, 0.25) is 5.02 Å². The number of carbonyl (C=O) groups is 1. The van der Waals surface area contributed by atoms with Gasteiger partial charge >= 0.3 is 0 Å². The second-order valence-corrected chi connectivity index (χ2v) is 6.23. The van der Waals surface area contributed by atoms with Crippen LogP contribution in [0.3, 0.4) is 0 Å². The molecule has 2 heterocycles. The first-order valence-corrected chi connectivity index (χ1v) is 8.31. The average Bonchev–Trinajstić information content (AvgIpc) is 3.19. The van der Waals surface area contributed by atoms with Crippen LogP contribution in [-0.2, 0) is 13.0 Å². The Bertz CT molecular complexity index is 899. The molecular formula is C19H16ClN3O. The summed E-state index contributed by atoms with van der Waals surface area (Å²) >= 11 is 6.06. The Morgan fingerprint density at radius 2 is 1.92 bits per heavy atom. The highest BCUT2D eigenvalue weighted by molar-refractivity contribution is 6.34. The first-order chi connectivity index (χ1) is 11.7. The normalized spacial score (nSPS) is 12.9. The van der Waals surface area contributed by atoms with Gasteiger partial charge < -0.3 is 9.88 Å². The Labute approximate surface area is 145 Å². The summed E-state index contributed by atoms with van der Waals surface area (Å²) in [5, 5.41) is 3.32. The van der Waals surface area contributed by atoms with Crippen molar-refractivity contribution in [1.82, 2.24) is 9.55 Å². The zero-order valence-electron chi connectivity index (χ0n) is 13.0. The van der Waals surface area contributed by atoms with E-state index in [0.717, 1.165) is 42.2 Å². The van der Waals surface area contributed by atoms with E-state index in [1.807, 2.05) is 30.5 Å². The van der Waals surface area contributed by atoms with E-state index in [4.69, 9.17) is 11.6 Å². The van der Waals surface area contributed by atoms with Gasteiger partial charge in [0.2, 0.25) is 0 Å². The van der Waals surface area contributed by atoms with E-state index < -0.39 is 0 Å². The van der Waals surface area contributed by atoms with Crippen LogP contribution in [0.15, 0.2) is 54.7 Å². The van der Waals surface area contributed by atoms with Gasteiger partial charge in [-0.25, -0.2) is 4.98 Å². The van der Waals surface area contributed by atoms with E-state index in [1.54, 1.807) is 24.3 Å². The molecule has 1 aliphatic rings. The molecule has 3 aromatic rings. The molecule has 0 unspecified atom stereocenters. The van der Waals surface area contributed by atoms with Crippen LogP contribution in [0.4, 0.5) is 5.69 Å². The van der Waals surface area contributed by atoms with Crippen LogP contribution >= 0.6 is 11.6 Å². The largest absolute Gasteiger partial charge is 0.328 e. The summed E-state index contributed by atoms with van der Waals surface area (Å²) in [6, 6.07) is 14.8. The number of rotatable bonds is 3. The van der Waals surface area contributed by atoms with Crippen molar-refractivity contribution in [3.8, 4) is 11.3 Å². The van der Waals surface area contributed by atoms with Crippen molar-refractivity contribution in [2.75, 3.05) is 5.32 Å². The summed E-state index contributed by atoms with van der Waals surface area (Å²) in [7, 11) is 0. The zero-order chi connectivity index (χ0) is 16.5. The summed E-state index contributed by atoms with van der Waals surface area (Å²) in [4.78, 5) is 16.8. The predicted molar refractivity (Wildman–Crippen MR) is 95.4 cm³/mol. The minimum atomic E-state index is -0.210. The summed E-state index contributed by atoms with van der Waals surface area (Å²) in [6.45, 7) is 1.02. The van der Waals surface area contributed by atoms with Gasteiger partial charge in [-0.1, -0.05) is 35.9 Å². The Balaban J connectivity index is 1.54. The summed E-state index contributed by atoms with van der Waals surface area (Å²) in [6.07, 6.45) is 4.12. The maximum atomic E-state index is 12.3. The molecule has 4 nitrogen and oxygen atoms in total. The molecule has 1 N–H and O–H groups in total. The van der Waals surface area contributed by atoms with Crippen LogP contribution < -0.4 is 5.32 Å². The molecule has 0 saturated heterocycles. The van der Waals surface area contributed by atoms with E-state index in [9.17, 15) is 4.79 Å². The number of benzene rings is 2. The van der Waals surface area contributed by atoms with Crippen molar-refractivity contribution in [1.29, 1.82) is 0 Å². The quantitative estimate of drug-likeness (QED) is 0.770. The fraction of sp³-hybridized carbons (Fsp3) is 0.158. The maximum absolute atomic E-state index is 12.3. The summed E-state index contributed by atoms with van der Waals surface area (Å²) < 4.78 is 2.26. The lowest BCUT2D eigenvalue weighted by molar-refractivity contribution is 0.102. The van der Waals surface area contributed by atoms with Crippen molar-refractivity contribution >= 4 is 23.2 Å². The monoisotopic (exact) mass is 337 g/mol. The Morgan fingerprint density at radius 1 is 1.12 bits per heavy atom. The topological polar surface area (TPSA) is 46.9 Å². The first-order valence-electron chi connectivity index (χ1n) is 7.93. The molecule has 120 valence electrons. The van der Waals surface area contributed by atoms with Gasteiger partial charge in [-0.05, 0) is 36.2 Å². The number of carbonyl (C=O) groups excluding carboxylic acids is 1. The number of nitrogens with zero attached hydrogens (tertiary/aromatic N) is 2. The number of aryl methyl sites for hydroxylation is 1. The molecule has 2 aromatic carbocycles. The fourth-order valence-corrected chi connectivity index (χ4v) is 3.28. The van der Waals surface area contributed by atoms with Crippen LogP contribution in [-0.4, -0.2) is 15.5 Å². The number of aromatic nitrogens is 2. The highest BCUT2D eigenvalue weighted by Gasteiger charge is 2.16. The van der Waals surface area contributed by atoms with Gasteiger partial charge in [-0.3, -0.25) is 4.79 Å². The van der Waals surface area contributed by atoms with Gasteiger partial charge in [0.1, 0.15) is 5.82 Å². The molecule has 1 amide bonds. The maximum Gasteiger partial charge on any atom is 0.257 e. The zero-order valence-corrected chi connectivity index (χ0v) is 13.8. The number of hydrogen-bond donors (Lipinski definition) is 1. The van der Waals surface area contributed by atoms with E-state index in [-0.39, 0.29) is 5.91 Å². The summed E-state index contributed by atoms with van der Waals surface area (Å²) in [5.74, 6) is 0.944. The van der Waals surface area contributed by atoms with Crippen molar-refractivity contribution in [2.45, 2.75) is 19.4 Å². The molecule has 0 radical (unpaired) electrons. The van der Waals surface area contributed by atoms with Crippen molar-refractivity contribution < 1.29 is 4.79 Å². The smallest absolute Gasteiger partial charge is 0.257 e. The highest BCUT2D eigenvalue weighted by Crippen LogP contribution is 2.27. The Hall–Kier alpha value is -2.59. The van der Waals surface area contributed by atoms with Crippen molar-refractivity contribution in [3.63, 3.8) is 0 Å². The Kier molecular flexibility index (Phi) is 3.82. The average molecular weight is 338 g/mol. The molecule has 5 heteroatoms. The van der Waals surface area contributed by atoms with Gasteiger partial charge in [-0.15, -0.1) is 0 Å². The standard InChI is InChI=1S/C19H16ClN3O/c20-16-5-2-1-4-15(16)19(24)22-14-9-7-13(8-10-14)17-12-21-18-6-3-11-23(17)18/h1-2,4-5,7-10,12H,3,6,11H2,(H,22,24). The number of hydrogen-bond acceptors (Lipinski definition) is 2. The van der Waals surface area contributed by atoms with Gasteiger partial charge in [0, 0.05) is 18.7 Å². The minimum absolute atomic E-state index is 0.210. The first kappa shape index (κ1) is 15.0. The third-order valence-corrected chi connectivity index (χ3v) is 4.61. The molecule has 1 aromatic heterocycles. The molecule has 0 fully saturated rings. The predicted octanol–water partition coefficient (Wildman–Crippen LogP) is 4.40. The number of anilines is 1. The van der Waals surface area contributed by atoms with E-state index in [0.29, 0.717) is 10.6 Å². The number of fused-ring (bicyclic) bond motifs is 1. The molecule has 4 rings (SSSR count). The molecule has 0 atom stereocenters. The molecule has 0 bridgehead atoms. The van der Waals surface area contributed by atoms with Crippen LogP contribution in [0.1, 0.15) is 22.6 Å². The lowest BCUT2D eigenvalue weighted by Crippen LogP contribution is -2.12. The number of nitrogens with one attached hydrogen (secondary N) is 1. The van der Waals surface area contributed by atoms with Crippen LogP contribution in [0.5, 0.6) is 0 Å². The fourth-order valence-electron chi connectivity index (χ4n) is 3.06. The summed E-state index contributed by atoms with van der Waals surface area (Å²) in [5.41, 5.74) is 3.44. The second kappa shape index (κ2) is 6.13. The Morgan fingerprint density at radius 3 is 2.71 bits per heavy atom. The highest BCUT2D eigenvalue weighted by atomic mass is 35.5. The molecule has 0 aliphatic carbocycles. The third kappa shape index (κ3) is 2.69. The number of amides is 1. The van der Waals surface area contributed by atoms with Gasteiger partial charge in [0.05, 0.1) is 22.5 Å². The SMILES string of the molecule is O=C(Nc1ccc(-c2cnc3n2CCC3)cc1)c1ccccc1Cl. The number of imidazole rings is 1. The van der Waals surface area contributed by atoms with Gasteiger partial charge in [-0.2, -0.15) is 0 Å². The van der Waals surface area contributed by atoms with E-state index >= 15 is 0 Å². The molecule has 0 spiro atoms. The van der Waals surface area contributed by atoms with Crippen molar-refractivity contribution in [3.05, 3.63) is 71.1 Å². The van der Waals surface area contributed by atoms with Crippen molar-refractivity contribution in [2.24, 2.45) is 0 Å². The van der Waals surface area contributed by atoms with Crippen LogP contribution in [0, 0.1) is 0 Å². The van der Waals surface area contributed by atoms with E-state index in [2.05, 4.69) is 14.9 Å². The third-order valence-electron chi connectivity index (χ3n) is 4.28. The minimum Gasteiger partial charge on any atom is -0.328 e. The van der Waals surface area contributed by atoms with Gasteiger partial charge in [0.15, 0.2) is 0 Å². The lowest BCUT2D eigenvalue weighted by atomic mass is 10.1. The molecule has 0 saturated carbocycles. The van der Waals surface area contributed by atoms with Crippen LogP contribution in [0.25, 0.3) is 11.3 Å². The lowest BCUT2D eigenvalue weighted by Gasteiger charge is -2.09. The molecular weight excluding hydrogens is 322 g/mol.